The molecule has 27 heavy (non-hydrogen) atoms. The highest BCUT2D eigenvalue weighted by molar-refractivity contribution is 5.91. The van der Waals surface area contributed by atoms with Crippen LogP contribution in [-0.4, -0.2) is 11.1 Å². The van der Waals surface area contributed by atoms with Crippen molar-refractivity contribution in [3.63, 3.8) is 0 Å². The summed E-state index contributed by atoms with van der Waals surface area (Å²) in [6, 6.07) is 14.1. The number of unbranched alkanes of at least 4 members (excludes halogenated alkanes) is 2. The van der Waals surface area contributed by atoms with Crippen LogP contribution in [0.5, 0.6) is 11.5 Å². The Morgan fingerprint density at radius 1 is 0.963 bits per heavy atom. The zero-order chi connectivity index (χ0) is 19.1. The second-order valence-corrected chi connectivity index (χ2v) is 7.72. The van der Waals surface area contributed by atoms with E-state index in [0.717, 1.165) is 5.92 Å². The summed E-state index contributed by atoms with van der Waals surface area (Å²) in [4.78, 5) is 12.2. The van der Waals surface area contributed by atoms with Gasteiger partial charge in [-0.2, -0.15) is 0 Å². The summed E-state index contributed by atoms with van der Waals surface area (Å²) in [5, 5.41) is 9.30. The molecule has 0 saturated heterocycles. The summed E-state index contributed by atoms with van der Waals surface area (Å²) in [5.74, 6) is 1.84. The van der Waals surface area contributed by atoms with Gasteiger partial charge in [0.05, 0.1) is 5.56 Å². The second kappa shape index (κ2) is 9.59. The smallest absolute Gasteiger partial charge is 0.343 e. The average Bonchev–Trinajstić information content (AvgIpc) is 2.70. The molecule has 144 valence electrons. The Morgan fingerprint density at radius 3 is 2.26 bits per heavy atom. The predicted molar refractivity (Wildman–Crippen MR) is 108 cm³/mol. The summed E-state index contributed by atoms with van der Waals surface area (Å²) in [6.45, 7) is 2.27. The summed E-state index contributed by atoms with van der Waals surface area (Å²) in [6.07, 6.45) is 10.7. The number of ether oxygens (including phenoxy) is 1. The number of hydrogen-bond donors (Lipinski definition) is 1. The molecule has 3 nitrogen and oxygen atoms in total. The summed E-state index contributed by atoms with van der Waals surface area (Å²) >= 11 is 0. The standard InChI is InChI=1S/C24H30O3/c1-2-3-4-5-18-6-8-19(9-7-18)20-12-16-23(17-13-20)27-24(26)21-10-14-22(25)15-11-21/h10-19,25H,2-9H2,1H3/t18-,19-. The first-order valence-electron chi connectivity index (χ1n) is 10.3. The number of aromatic hydroxyl groups is 1. The first-order valence-corrected chi connectivity index (χ1v) is 10.3. The van der Waals surface area contributed by atoms with E-state index >= 15 is 0 Å². The molecule has 0 bridgehead atoms. The number of hydrogen-bond acceptors (Lipinski definition) is 3. The third-order valence-electron chi connectivity index (χ3n) is 5.73. The van der Waals surface area contributed by atoms with E-state index in [0.29, 0.717) is 17.2 Å². The van der Waals surface area contributed by atoms with Crippen molar-refractivity contribution in [2.45, 2.75) is 64.2 Å². The molecular weight excluding hydrogens is 336 g/mol. The number of benzene rings is 2. The average molecular weight is 367 g/mol. The molecule has 0 unspecified atom stereocenters. The topological polar surface area (TPSA) is 46.5 Å². The second-order valence-electron chi connectivity index (χ2n) is 7.72. The molecule has 0 radical (unpaired) electrons. The fraction of sp³-hybridized carbons (Fsp3) is 0.458. The fourth-order valence-corrected chi connectivity index (χ4v) is 4.04. The Morgan fingerprint density at radius 2 is 1.63 bits per heavy atom. The van der Waals surface area contributed by atoms with Crippen molar-refractivity contribution >= 4 is 5.97 Å². The van der Waals surface area contributed by atoms with Gasteiger partial charge in [0, 0.05) is 0 Å². The summed E-state index contributed by atoms with van der Waals surface area (Å²) < 4.78 is 5.43. The van der Waals surface area contributed by atoms with Crippen LogP contribution in [0.25, 0.3) is 0 Å². The molecule has 0 atom stereocenters. The molecule has 2 aromatic rings. The molecule has 3 rings (SSSR count). The Bertz CT molecular complexity index is 710. The van der Waals surface area contributed by atoms with Crippen molar-refractivity contribution in [1.29, 1.82) is 0 Å². The molecular formula is C24H30O3. The van der Waals surface area contributed by atoms with E-state index in [9.17, 15) is 9.90 Å². The zero-order valence-electron chi connectivity index (χ0n) is 16.2. The van der Waals surface area contributed by atoms with Crippen molar-refractivity contribution in [3.05, 3.63) is 59.7 Å². The van der Waals surface area contributed by atoms with Gasteiger partial charge in [-0.05, 0) is 79.5 Å². The molecule has 0 aromatic heterocycles. The lowest BCUT2D eigenvalue weighted by molar-refractivity contribution is 0.0734. The molecule has 1 fully saturated rings. The molecule has 1 aliphatic carbocycles. The van der Waals surface area contributed by atoms with Crippen LogP contribution in [0.1, 0.15) is 80.1 Å². The molecule has 1 aliphatic rings. The summed E-state index contributed by atoms with van der Waals surface area (Å²) in [5.41, 5.74) is 1.78. The van der Waals surface area contributed by atoms with Gasteiger partial charge >= 0.3 is 5.97 Å². The molecule has 0 spiro atoms. The lowest BCUT2D eigenvalue weighted by Gasteiger charge is -2.29. The zero-order valence-corrected chi connectivity index (χ0v) is 16.2. The van der Waals surface area contributed by atoms with Gasteiger partial charge in [0.2, 0.25) is 0 Å². The lowest BCUT2D eigenvalue weighted by atomic mass is 9.77. The fourth-order valence-electron chi connectivity index (χ4n) is 4.04. The Kier molecular flexibility index (Phi) is 6.92. The molecule has 0 aliphatic heterocycles. The number of carbonyl (C=O) groups excluding carboxylic acids is 1. The van der Waals surface area contributed by atoms with Crippen molar-refractivity contribution < 1.29 is 14.6 Å². The first-order chi connectivity index (χ1) is 13.2. The minimum absolute atomic E-state index is 0.135. The van der Waals surface area contributed by atoms with E-state index in [1.165, 1.54) is 69.1 Å². The number of carbonyl (C=O) groups is 1. The number of phenols is 1. The van der Waals surface area contributed by atoms with Gasteiger partial charge in [0.15, 0.2) is 0 Å². The van der Waals surface area contributed by atoms with Crippen molar-refractivity contribution in [2.75, 3.05) is 0 Å². The lowest BCUT2D eigenvalue weighted by Crippen LogP contribution is -2.13. The Hall–Kier alpha value is -2.29. The third-order valence-corrected chi connectivity index (χ3v) is 5.73. The van der Waals surface area contributed by atoms with E-state index in [2.05, 4.69) is 19.1 Å². The molecule has 1 N–H and O–H groups in total. The highest BCUT2D eigenvalue weighted by Crippen LogP contribution is 2.38. The van der Waals surface area contributed by atoms with Crippen LogP contribution >= 0.6 is 0 Å². The quantitative estimate of drug-likeness (QED) is 0.347. The highest BCUT2D eigenvalue weighted by atomic mass is 16.5. The van der Waals surface area contributed by atoms with E-state index in [1.807, 2.05) is 12.1 Å². The van der Waals surface area contributed by atoms with E-state index in [1.54, 1.807) is 12.1 Å². The van der Waals surface area contributed by atoms with Crippen molar-refractivity contribution in [2.24, 2.45) is 5.92 Å². The van der Waals surface area contributed by atoms with Gasteiger partial charge in [0.25, 0.3) is 0 Å². The highest BCUT2D eigenvalue weighted by Gasteiger charge is 2.22. The van der Waals surface area contributed by atoms with Crippen LogP contribution < -0.4 is 4.74 Å². The Balaban J connectivity index is 1.50. The summed E-state index contributed by atoms with van der Waals surface area (Å²) in [7, 11) is 0. The maximum Gasteiger partial charge on any atom is 0.343 e. The van der Waals surface area contributed by atoms with Crippen LogP contribution in [0, 0.1) is 5.92 Å². The molecule has 3 heteroatoms. The normalized spacial score (nSPS) is 19.6. The van der Waals surface area contributed by atoms with Crippen molar-refractivity contribution in [1.82, 2.24) is 0 Å². The van der Waals surface area contributed by atoms with Gasteiger partial charge in [-0.25, -0.2) is 4.79 Å². The predicted octanol–water partition coefficient (Wildman–Crippen LogP) is 6.47. The minimum atomic E-state index is -0.407. The molecule has 0 heterocycles. The van der Waals surface area contributed by atoms with Crippen molar-refractivity contribution in [3.8, 4) is 11.5 Å². The van der Waals surface area contributed by atoms with Crippen LogP contribution in [0.4, 0.5) is 0 Å². The molecule has 2 aromatic carbocycles. The van der Waals surface area contributed by atoms with Gasteiger partial charge in [-0.15, -0.1) is 0 Å². The largest absolute Gasteiger partial charge is 0.508 e. The van der Waals surface area contributed by atoms with Gasteiger partial charge < -0.3 is 9.84 Å². The van der Waals surface area contributed by atoms with E-state index in [4.69, 9.17) is 4.74 Å². The maximum absolute atomic E-state index is 12.2. The Labute approximate surface area is 162 Å². The van der Waals surface area contributed by atoms with Gasteiger partial charge in [0.1, 0.15) is 11.5 Å². The number of phenolic OH excluding ortho intramolecular Hbond substituents is 1. The van der Waals surface area contributed by atoms with Crippen LogP contribution in [0.3, 0.4) is 0 Å². The number of esters is 1. The minimum Gasteiger partial charge on any atom is -0.508 e. The number of rotatable bonds is 7. The van der Waals surface area contributed by atoms with E-state index < -0.39 is 5.97 Å². The monoisotopic (exact) mass is 366 g/mol. The SMILES string of the molecule is CCCCC[C@H]1CC[C@H](c2ccc(OC(=O)c3ccc(O)cc3)cc2)CC1. The maximum atomic E-state index is 12.2. The third kappa shape index (κ3) is 5.59. The van der Waals surface area contributed by atoms with Crippen LogP contribution in [0.2, 0.25) is 0 Å². The molecule has 1 saturated carbocycles. The molecule has 0 amide bonds. The van der Waals surface area contributed by atoms with Crippen LogP contribution in [0.15, 0.2) is 48.5 Å². The van der Waals surface area contributed by atoms with Gasteiger partial charge in [-0.1, -0.05) is 44.7 Å². The van der Waals surface area contributed by atoms with Crippen LogP contribution in [-0.2, 0) is 0 Å². The van der Waals surface area contributed by atoms with E-state index in [-0.39, 0.29) is 5.75 Å². The first kappa shape index (κ1) is 19.5. The van der Waals surface area contributed by atoms with Gasteiger partial charge in [-0.3, -0.25) is 0 Å².